The van der Waals surface area contributed by atoms with Crippen LogP contribution in [0.5, 0.6) is 0 Å². The van der Waals surface area contributed by atoms with Gasteiger partial charge in [-0.25, -0.2) is 0 Å². The van der Waals surface area contributed by atoms with Crippen molar-refractivity contribution in [3.05, 3.63) is 80.8 Å². The maximum Gasteiger partial charge on any atom is 0.0665 e. The molecule has 0 amide bonds. The van der Waals surface area contributed by atoms with Crippen molar-refractivity contribution in [2.45, 2.75) is 0 Å². The first kappa shape index (κ1) is 17.1. The molecular formula is C16H12Cl4. The van der Waals surface area contributed by atoms with Crippen LogP contribution in [-0.4, -0.2) is 0 Å². The van der Waals surface area contributed by atoms with Crippen molar-refractivity contribution < 1.29 is 0 Å². The number of rotatable bonds is 2. The normalized spacial score (nSPS) is 9.40. The summed E-state index contributed by atoms with van der Waals surface area (Å²) in [6.45, 7) is 7.18. The van der Waals surface area contributed by atoms with Gasteiger partial charge in [-0.2, -0.15) is 0 Å². The van der Waals surface area contributed by atoms with Crippen LogP contribution in [-0.2, 0) is 0 Å². The van der Waals surface area contributed by atoms with E-state index in [4.69, 9.17) is 46.4 Å². The Morgan fingerprint density at radius 3 is 1.85 bits per heavy atom. The molecule has 0 atom stereocenters. The van der Waals surface area contributed by atoms with E-state index in [0.29, 0.717) is 15.1 Å². The average Bonchev–Trinajstić information content (AvgIpc) is 2.44. The van der Waals surface area contributed by atoms with Crippen LogP contribution in [0.25, 0.3) is 12.2 Å². The van der Waals surface area contributed by atoms with Gasteiger partial charge >= 0.3 is 0 Å². The lowest BCUT2D eigenvalue weighted by Crippen LogP contribution is -1.76. The summed E-state index contributed by atoms with van der Waals surface area (Å²) in [6.07, 6.45) is 3.35. The van der Waals surface area contributed by atoms with Gasteiger partial charge in [-0.3, -0.25) is 0 Å². The zero-order chi connectivity index (χ0) is 15.1. The molecule has 4 heteroatoms. The van der Waals surface area contributed by atoms with Crippen LogP contribution in [0.15, 0.2) is 49.6 Å². The second-order valence-electron chi connectivity index (χ2n) is 3.72. The Morgan fingerprint density at radius 1 is 0.750 bits per heavy atom. The van der Waals surface area contributed by atoms with Gasteiger partial charge < -0.3 is 0 Å². The molecule has 0 fully saturated rings. The molecular weight excluding hydrogens is 334 g/mol. The number of hydrogen-bond donors (Lipinski definition) is 0. The molecule has 0 saturated heterocycles. The molecule has 0 N–H and O–H groups in total. The molecule has 2 aromatic rings. The highest BCUT2D eigenvalue weighted by molar-refractivity contribution is 6.44. The third-order valence-electron chi connectivity index (χ3n) is 2.37. The quantitative estimate of drug-likeness (QED) is 0.502. The van der Waals surface area contributed by atoms with E-state index in [-0.39, 0.29) is 0 Å². The second-order valence-corrected chi connectivity index (χ2v) is 5.35. The largest absolute Gasteiger partial charge is 0.0984 e. The Labute approximate surface area is 139 Å². The summed E-state index contributed by atoms with van der Waals surface area (Å²) in [5.41, 5.74) is 1.74. The lowest BCUT2D eigenvalue weighted by molar-refractivity contribution is 1.66. The van der Waals surface area contributed by atoms with Gasteiger partial charge in [0.05, 0.1) is 10.0 Å². The van der Waals surface area contributed by atoms with Crippen molar-refractivity contribution in [3.8, 4) is 0 Å². The lowest BCUT2D eigenvalue weighted by Gasteiger charge is -2.00. The number of halogens is 4. The topological polar surface area (TPSA) is 0 Å². The molecule has 104 valence electrons. The van der Waals surface area contributed by atoms with Crippen molar-refractivity contribution in [2.24, 2.45) is 0 Å². The lowest BCUT2D eigenvalue weighted by atomic mass is 10.2. The summed E-state index contributed by atoms with van der Waals surface area (Å²) in [5, 5.41) is 2.27. The zero-order valence-electron chi connectivity index (χ0n) is 10.5. The van der Waals surface area contributed by atoms with E-state index in [1.54, 1.807) is 24.3 Å². The van der Waals surface area contributed by atoms with Crippen LogP contribution in [0.2, 0.25) is 20.1 Å². The first-order valence-electron chi connectivity index (χ1n) is 5.63. The highest BCUT2D eigenvalue weighted by Gasteiger charge is 2.02. The Bertz CT molecular complexity index is 618. The van der Waals surface area contributed by atoms with E-state index in [9.17, 15) is 0 Å². The molecule has 2 rings (SSSR count). The molecule has 0 saturated carbocycles. The summed E-state index contributed by atoms with van der Waals surface area (Å²) in [5.74, 6) is 0. The van der Waals surface area contributed by atoms with Crippen LogP contribution in [0, 0.1) is 0 Å². The monoisotopic (exact) mass is 344 g/mol. The van der Waals surface area contributed by atoms with Crippen LogP contribution in [0.3, 0.4) is 0 Å². The van der Waals surface area contributed by atoms with E-state index in [0.717, 1.165) is 16.1 Å². The Hall–Kier alpha value is -0.920. The standard InChI is InChI=1S/C8H5Cl3.C8H7Cl/c1-2-5-3-6(9)4-7(10)8(5)11;1-2-7-5-3-4-6-8(7)9/h2-4H,1H2;2-6H,1H2. The first-order chi connectivity index (χ1) is 9.49. The number of benzene rings is 2. The molecule has 20 heavy (non-hydrogen) atoms. The zero-order valence-corrected chi connectivity index (χ0v) is 13.6. The second kappa shape index (κ2) is 8.39. The van der Waals surface area contributed by atoms with E-state index in [1.807, 2.05) is 24.3 Å². The minimum atomic E-state index is 0.453. The molecule has 2 aromatic carbocycles. The molecule has 0 radical (unpaired) electrons. The van der Waals surface area contributed by atoms with E-state index in [2.05, 4.69) is 13.2 Å². The molecule has 0 heterocycles. The average molecular weight is 346 g/mol. The smallest absolute Gasteiger partial charge is 0.0665 e. The summed E-state index contributed by atoms with van der Waals surface area (Å²) < 4.78 is 0. The van der Waals surface area contributed by atoms with Gasteiger partial charge in [0.15, 0.2) is 0 Å². The minimum absolute atomic E-state index is 0.453. The Morgan fingerprint density at radius 2 is 1.35 bits per heavy atom. The summed E-state index contributed by atoms with van der Waals surface area (Å²) >= 11 is 23.0. The SMILES string of the molecule is C=Cc1cc(Cl)cc(Cl)c1Cl.C=Cc1ccccc1Cl. The van der Waals surface area contributed by atoms with Crippen LogP contribution >= 0.6 is 46.4 Å². The Balaban J connectivity index is 0.000000204. The van der Waals surface area contributed by atoms with E-state index >= 15 is 0 Å². The fraction of sp³-hybridized carbons (Fsp3) is 0. The van der Waals surface area contributed by atoms with E-state index < -0.39 is 0 Å². The van der Waals surface area contributed by atoms with Crippen molar-refractivity contribution in [1.82, 2.24) is 0 Å². The molecule has 0 spiro atoms. The molecule has 0 aromatic heterocycles. The third kappa shape index (κ3) is 4.88. The molecule has 0 bridgehead atoms. The van der Waals surface area contributed by atoms with Crippen LogP contribution in [0.1, 0.15) is 11.1 Å². The first-order valence-corrected chi connectivity index (χ1v) is 7.14. The fourth-order valence-corrected chi connectivity index (χ4v) is 2.27. The third-order valence-corrected chi connectivity index (χ3v) is 3.75. The van der Waals surface area contributed by atoms with Crippen molar-refractivity contribution in [3.63, 3.8) is 0 Å². The van der Waals surface area contributed by atoms with Gasteiger partial charge in [0, 0.05) is 10.0 Å². The number of hydrogen-bond acceptors (Lipinski definition) is 0. The molecule has 0 aliphatic heterocycles. The Kier molecular flexibility index (Phi) is 7.18. The van der Waals surface area contributed by atoms with Gasteiger partial charge in [-0.1, -0.05) is 89.9 Å². The predicted molar refractivity (Wildman–Crippen MR) is 93.1 cm³/mol. The predicted octanol–water partition coefficient (Wildman–Crippen LogP) is 7.27. The highest BCUT2D eigenvalue weighted by Crippen LogP contribution is 2.30. The van der Waals surface area contributed by atoms with Gasteiger partial charge in [0.1, 0.15) is 0 Å². The van der Waals surface area contributed by atoms with Crippen molar-refractivity contribution in [2.75, 3.05) is 0 Å². The van der Waals surface area contributed by atoms with Crippen molar-refractivity contribution in [1.29, 1.82) is 0 Å². The molecule has 0 nitrogen and oxygen atoms in total. The van der Waals surface area contributed by atoms with Crippen molar-refractivity contribution >= 4 is 58.6 Å². The van der Waals surface area contributed by atoms with Crippen LogP contribution in [0.4, 0.5) is 0 Å². The maximum atomic E-state index is 5.80. The minimum Gasteiger partial charge on any atom is -0.0984 e. The molecule has 0 aliphatic rings. The molecule has 0 aliphatic carbocycles. The summed E-state index contributed by atoms with van der Waals surface area (Å²) in [4.78, 5) is 0. The van der Waals surface area contributed by atoms with Gasteiger partial charge in [0.25, 0.3) is 0 Å². The van der Waals surface area contributed by atoms with Gasteiger partial charge in [-0.15, -0.1) is 0 Å². The van der Waals surface area contributed by atoms with Gasteiger partial charge in [0.2, 0.25) is 0 Å². The van der Waals surface area contributed by atoms with E-state index in [1.165, 1.54) is 0 Å². The highest BCUT2D eigenvalue weighted by atomic mass is 35.5. The summed E-state index contributed by atoms with van der Waals surface area (Å²) in [6, 6.07) is 10.9. The fourth-order valence-electron chi connectivity index (χ4n) is 1.37. The maximum absolute atomic E-state index is 5.80. The van der Waals surface area contributed by atoms with Crippen LogP contribution < -0.4 is 0 Å². The summed E-state index contributed by atoms with van der Waals surface area (Å²) in [7, 11) is 0. The molecule has 0 unspecified atom stereocenters. The van der Waals surface area contributed by atoms with Gasteiger partial charge in [-0.05, 0) is 29.3 Å².